The van der Waals surface area contributed by atoms with Gasteiger partial charge in [0.05, 0.1) is 9.82 Å². The number of nitro benzene ring substituents is 1. The fourth-order valence-electron chi connectivity index (χ4n) is 2.85. The minimum Gasteiger partial charge on any atom is -0.369 e. The molecule has 0 N–H and O–H groups in total. The molecule has 0 aliphatic carbocycles. The lowest BCUT2D eigenvalue weighted by atomic mass is 10.2. The van der Waals surface area contributed by atoms with Gasteiger partial charge in [-0.3, -0.25) is 10.1 Å². The molecule has 0 aromatic heterocycles. The van der Waals surface area contributed by atoms with E-state index in [1.54, 1.807) is 18.2 Å². The monoisotopic (exact) mass is 433 g/mol. The molecule has 0 spiro atoms. The average molecular weight is 434 g/mol. The van der Waals surface area contributed by atoms with Crippen LogP contribution in [-0.4, -0.2) is 43.8 Å². The first-order valence-corrected chi connectivity index (χ1v) is 10.0. The zero-order valence-electron chi connectivity index (χ0n) is 13.8. The number of piperazine rings is 1. The summed E-state index contributed by atoms with van der Waals surface area (Å²) in [5.41, 5.74) is 0.0162. The minimum absolute atomic E-state index is 0.172. The third-order valence-electron chi connectivity index (χ3n) is 4.20. The van der Waals surface area contributed by atoms with E-state index in [0.29, 0.717) is 29.2 Å². The predicted molar refractivity (Wildman–Crippen MR) is 100 cm³/mol. The Labute approximate surface area is 165 Å². The van der Waals surface area contributed by atoms with Crippen LogP contribution in [0.15, 0.2) is 41.3 Å². The van der Waals surface area contributed by atoms with Crippen LogP contribution in [0, 0.1) is 15.9 Å². The van der Waals surface area contributed by atoms with E-state index in [9.17, 15) is 22.9 Å². The molecule has 1 heterocycles. The van der Waals surface area contributed by atoms with E-state index >= 15 is 0 Å². The Hall–Kier alpha value is -1.94. The molecular formula is C16H14Cl2FN3O4S. The first-order valence-electron chi connectivity index (χ1n) is 7.83. The molecule has 1 aliphatic heterocycles. The number of sulfonamides is 1. The number of hydrogen-bond donors (Lipinski definition) is 0. The van der Waals surface area contributed by atoms with Crippen LogP contribution in [0.3, 0.4) is 0 Å². The van der Waals surface area contributed by atoms with E-state index in [-0.39, 0.29) is 18.0 Å². The molecule has 0 unspecified atom stereocenters. The van der Waals surface area contributed by atoms with Gasteiger partial charge in [-0.2, -0.15) is 8.70 Å². The third kappa shape index (κ3) is 4.16. The standard InChI is InChI=1S/C16H14Cl2FN3O4S/c17-11-7-12(18)9-13(8-11)20-3-5-21(6-4-20)27(25,26)14-1-2-16(22(23)24)15(19)10-14/h1-2,7-10H,3-6H2. The van der Waals surface area contributed by atoms with E-state index in [1.165, 1.54) is 4.31 Å². The molecule has 11 heteroatoms. The summed E-state index contributed by atoms with van der Waals surface area (Å²) in [6, 6.07) is 7.66. The number of rotatable bonds is 4. The van der Waals surface area contributed by atoms with Gasteiger partial charge in [0.2, 0.25) is 15.8 Å². The second-order valence-electron chi connectivity index (χ2n) is 5.89. The summed E-state index contributed by atoms with van der Waals surface area (Å²) in [7, 11) is -3.96. The van der Waals surface area contributed by atoms with Crippen LogP contribution in [0.1, 0.15) is 0 Å². The van der Waals surface area contributed by atoms with Crippen LogP contribution in [0.25, 0.3) is 0 Å². The second kappa shape index (κ2) is 7.59. The van der Waals surface area contributed by atoms with Crippen molar-refractivity contribution in [2.45, 2.75) is 4.90 Å². The van der Waals surface area contributed by atoms with Crippen molar-refractivity contribution in [3.63, 3.8) is 0 Å². The largest absolute Gasteiger partial charge is 0.369 e. The Morgan fingerprint density at radius 2 is 1.59 bits per heavy atom. The first-order chi connectivity index (χ1) is 12.7. The molecule has 0 saturated carbocycles. The van der Waals surface area contributed by atoms with Crippen LogP contribution in [-0.2, 0) is 10.0 Å². The topological polar surface area (TPSA) is 83.8 Å². The van der Waals surface area contributed by atoms with Crippen molar-refractivity contribution >= 4 is 44.6 Å². The van der Waals surface area contributed by atoms with E-state index < -0.39 is 26.5 Å². The Balaban J connectivity index is 1.76. The zero-order chi connectivity index (χ0) is 19.8. The van der Waals surface area contributed by atoms with Gasteiger partial charge < -0.3 is 4.90 Å². The van der Waals surface area contributed by atoms with Crippen molar-refractivity contribution in [3.8, 4) is 0 Å². The van der Waals surface area contributed by atoms with Gasteiger partial charge >= 0.3 is 5.69 Å². The molecule has 2 aromatic rings. The Morgan fingerprint density at radius 1 is 1.00 bits per heavy atom. The summed E-state index contributed by atoms with van der Waals surface area (Å²) < 4.78 is 40.4. The summed E-state index contributed by atoms with van der Waals surface area (Å²) in [4.78, 5) is 11.4. The number of nitrogens with zero attached hydrogens (tertiary/aromatic N) is 3. The van der Waals surface area contributed by atoms with Crippen molar-refractivity contribution in [2.75, 3.05) is 31.1 Å². The summed E-state index contributed by atoms with van der Waals surface area (Å²) in [5, 5.41) is 11.6. The van der Waals surface area contributed by atoms with Gasteiger partial charge in [0, 0.05) is 54.0 Å². The van der Waals surface area contributed by atoms with E-state index in [0.717, 1.165) is 17.8 Å². The molecule has 2 aromatic carbocycles. The highest BCUT2D eigenvalue weighted by atomic mass is 35.5. The van der Waals surface area contributed by atoms with Gasteiger partial charge in [-0.05, 0) is 24.3 Å². The van der Waals surface area contributed by atoms with Crippen LogP contribution in [0.4, 0.5) is 15.8 Å². The molecule has 7 nitrogen and oxygen atoms in total. The number of nitro groups is 1. The lowest BCUT2D eigenvalue weighted by Gasteiger charge is -2.35. The Bertz CT molecular complexity index is 975. The molecule has 0 radical (unpaired) electrons. The maximum atomic E-state index is 13.8. The van der Waals surface area contributed by atoms with Crippen LogP contribution in [0.5, 0.6) is 0 Å². The summed E-state index contributed by atoms with van der Waals surface area (Å²) in [6.45, 7) is 1.13. The van der Waals surface area contributed by atoms with Crippen molar-refractivity contribution < 1.29 is 17.7 Å². The van der Waals surface area contributed by atoms with Gasteiger partial charge in [0.25, 0.3) is 0 Å². The van der Waals surface area contributed by atoms with Gasteiger partial charge in [0.1, 0.15) is 0 Å². The quantitative estimate of drug-likeness (QED) is 0.543. The SMILES string of the molecule is O=[N+]([O-])c1ccc(S(=O)(=O)N2CCN(c3cc(Cl)cc(Cl)c3)CC2)cc1F. The number of benzene rings is 2. The molecule has 1 saturated heterocycles. The maximum absolute atomic E-state index is 13.8. The predicted octanol–water partition coefficient (Wildman–Crippen LogP) is 3.55. The minimum atomic E-state index is -3.96. The van der Waals surface area contributed by atoms with Crippen LogP contribution in [0.2, 0.25) is 10.0 Å². The molecule has 0 amide bonds. The molecule has 3 rings (SSSR count). The third-order valence-corrected chi connectivity index (χ3v) is 6.54. The fourth-order valence-corrected chi connectivity index (χ4v) is 4.80. The van der Waals surface area contributed by atoms with Crippen molar-refractivity contribution in [3.05, 3.63) is 62.4 Å². The summed E-state index contributed by atoms with van der Waals surface area (Å²) in [6.07, 6.45) is 0. The molecule has 1 aliphatic rings. The number of hydrogen-bond acceptors (Lipinski definition) is 5. The van der Waals surface area contributed by atoms with E-state index in [2.05, 4.69) is 0 Å². The highest BCUT2D eigenvalue weighted by Crippen LogP contribution is 2.28. The lowest BCUT2D eigenvalue weighted by Crippen LogP contribution is -2.48. The summed E-state index contributed by atoms with van der Waals surface area (Å²) >= 11 is 12.0. The number of halogens is 3. The normalized spacial score (nSPS) is 15.7. The zero-order valence-corrected chi connectivity index (χ0v) is 16.1. The van der Waals surface area contributed by atoms with Gasteiger partial charge in [-0.15, -0.1) is 0 Å². The molecule has 27 heavy (non-hydrogen) atoms. The molecule has 1 fully saturated rings. The average Bonchev–Trinajstić information content (AvgIpc) is 2.60. The van der Waals surface area contributed by atoms with Gasteiger partial charge in [-0.1, -0.05) is 23.2 Å². The smallest absolute Gasteiger partial charge is 0.304 e. The van der Waals surface area contributed by atoms with Crippen LogP contribution < -0.4 is 4.90 Å². The summed E-state index contributed by atoms with van der Waals surface area (Å²) in [5.74, 6) is -1.19. The van der Waals surface area contributed by atoms with E-state index in [1.807, 2.05) is 4.90 Å². The van der Waals surface area contributed by atoms with Crippen molar-refractivity contribution in [1.82, 2.24) is 4.31 Å². The molecule has 0 atom stereocenters. The van der Waals surface area contributed by atoms with Crippen molar-refractivity contribution in [2.24, 2.45) is 0 Å². The Kier molecular flexibility index (Phi) is 5.57. The lowest BCUT2D eigenvalue weighted by molar-refractivity contribution is -0.387. The van der Waals surface area contributed by atoms with E-state index in [4.69, 9.17) is 23.2 Å². The van der Waals surface area contributed by atoms with Gasteiger partial charge in [-0.25, -0.2) is 8.42 Å². The van der Waals surface area contributed by atoms with Crippen LogP contribution >= 0.6 is 23.2 Å². The molecule has 0 bridgehead atoms. The fraction of sp³-hybridized carbons (Fsp3) is 0.250. The first kappa shape index (κ1) is 19.8. The molecular weight excluding hydrogens is 420 g/mol. The maximum Gasteiger partial charge on any atom is 0.304 e. The Morgan fingerprint density at radius 3 is 2.11 bits per heavy atom. The molecule has 144 valence electrons. The van der Waals surface area contributed by atoms with Gasteiger partial charge in [0.15, 0.2) is 0 Å². The highest BCUT2D eigenvalue weighted by molar-refractivity contribution is 7.89. The highest BCUT2D eigenvalue weighted by Gasteiger charge is 2.30. The second-order valence-corrected chi connectivity index (χ2v) is 8.70. The number of anilines is 1. The van der Waals surface area contributed by atoms with Crippen molar-refractivity contribution in [1.29, 1.82) is 0 Å².